The van der Waals surface area contributed by atoms with Gasteiger partial charge in [-0.2, -0.15) is 0 Å². The molecule has 1 aromatic heterocycles. The van der Waals surface area contributed by atoms with E-state index in [0.717, 1.165) is 5.56 Å². The number of halogens is 1. The molecule has 0 saturated heterocycles. The number of aromatic carboxylic acids is 1. The smallest absolute Gasteiger partial charge is 0.338 e. The molecule has 6 heteroatoms. The minimum atomic E-state index is -1.06. The van der Waals surface area contributed by atoms with E-state index in [1.807, 2.05) is 43.3 Å². The molecule has 0 radical (unpaired) electrons. The number of pyridine rings is 1. The van der Waals surface area contributed by atoms with Crippen LogP contribution in [-0.2, 0) is 4.74 Å². The summed E-state index contributed by atoms with van der Waals surface area (Å²) in [4.78, 5) is 28.5. The normalized spacial score (nSPS) is 12.3. The third-order valence-electron chi connectivity index (χ3n) is 4.33. The number of carbonyl (C=O) groups is 2. The second kappa shape index (κ2) is 9.67. The van der Waals surface area contributed by atoms with E-state index in [2.05, 4.69) is 4.98 Å². The zero-order valence-corrected chi connectivity index (χ0v) is 16.0. The fourth-order valence-corrected chi connectivity index (χ4v) is 2.96. The largest absolute Gasteiger partial charge is 0.478 e. The first kappa shape index (κ1) is 21.1. The summed E-state index contributed by atoms with van der Waals surface area (Å²) in [5, 5.41) is 9.48. The van der Waals surface area contributed by atoms with Crippen LogP contribution in [0.5, 0.6) is 0 Å². The summed E-state index contributed by atoms with van der Waals surface area (Å²) in [5.74, 6) is -1.98. The van der Waals surface area contributed by atoms with Gasteiger partial charge < -0.3 is 9.84 Å². The summed E-state index contributed by atoms with van der Waals surface area (Å²) in [6, 6.07) is 21.0. The summed E-state index contributed by atoms with van der Waals surface area (Å²) in [6.07, 6.45) is 0.867. The van der Waals surface area contributed by atoms with E-state index in [4.69, 9.17) is 4.74 Å². The van der Waals surface area contributed by atoms with Crippen LogP contribution in [0.1, 0.15) is 50.9 Å². The van der Waals surface area contributed by atoms with Gasteiger partial charge in [0.05, 0.1) is 16.8 Å². The topological polar surface area (TPSA) is 76.5 Å². The Kier molecular flexibility index (Phi) is 7.29. The summed E-state index contributed by atoms with van der Waals surface area (Å²) in [7, 11) is 0. The Hall–Kier alpha value is -3.18. The molecule has 0 spiro atoms. The predicted molar refractivity (Wildman–Crippen MR) is 108 cm³/mol. The highest BCUT2D eigenvalue weighted by Crippen LogP contribution is 2.35. The first-order chi connectivity index (χ1) is 13.1. The van der Waals surface area contributed by atoms with Crippen LogP contribution in [0.2, 0.25) is 0 Å². The molecule has 1 N–H and O–H groups in total. The van der Waals surface area contributed by atoms with Gasteiger partial charge in [0.25, 0.3) is 0 Å². The standard InChI is InChI=1S/C22H19NO4.ClH/c1-15(19-18(21(24)25)13-8-14-23-19)20(16-9-4-2-5-10-16)27-22(26)17-11-6-3-7-12-17;/h2-15,20H,1H3,(H,24,25);1H. The van der Waals surface area contributed by atoms with Crippen molar-refractivity contribution in [2.45, 2.75) is 18.9 Å². The van der Waals surface area contributed by atoms with Crippen LogP contribution >= 0.6 is 12.4 Å². The number of carbonyl (C=O) groups excluding carboxylic acids is 1. The molecule has 0 amide bonds. The van der Waals surface area contributed by atoms with Gasteiger partial charge >= 0.3 is 11.9 Å². The highest BCUT2D eigenvalue weighted by molar-refractivity contribution is 5.90. The minimum absolute atomic E-state index is 0. The Morgan fingerprint density at radius 2 is 1.54 bits per heavy atom. The third kappa shape index (κ3) is 4.75. The summed E-state index contributed by atoms with van der Waals surface area (Å²) >= 11 is 0. The SMILES string of the molecule is CC(c1ncccc1C(=O)O)C(OC(=O)c1ccccc1)c1ccccc1.Cl. The average molecular weight is 398 g/mol. The molecular formula is C22H20ClNO4. The lowest BCUT2D eigenvalue weighted by Gasteiger charge is -2.25. The fourth-order valence-electron chi connectivity index (χ4n) is 2.96. The summed E-state index contributed by atoms with van der Waals surface area (Å²) < 4.78 is 5.80. The molecule has 2 atom stereocenters. The molecule has 2 aromatic carbocycles. The first-order valence-corrected chi connectivity index (χ1v) is 8.57. The molecule has 144 valence electrons. The van der Waals surface area contributed by atoms with Gasteiger partial charge in [0.15, 0.2) is 0 Å². The molecule has 28 heavy (non-hydrogen) atoms. The van der Waals surface area contributed by atoms with Crippen molar-refractivity contribution in [2.24, 2.45) is 0 Å². The van der Waals surface area contributed by atoms with Crippen LogP contribution in [0.4, 0.5) is 0 Å². The molecule has 2 unspecified atom stereocenters. The predicted octanol–water partition coefficient (Wildman–Crippen LogP) is 4.90. The van der Waals surface area contributed by atoms with E-state index in [-0.39, 0.29) is 18.0 Å². The molecule has 3 rings (SSSR count). The van der Waals surface area contributed by atoms with Crippen molar-refractivity contribution in [3.8, 4) is 0 Å². The van der Waals surface area contributed by atoms with Crippen LogP contribution in [0, 0.1) is 0 Å². The number of rotatable bonds is 6. The molecule has 0 fully saturated rings. The van der Waals surface area contributed by atoms with Crippen molar-refractivity contribution in [3.05, 3.63) is 101 Å². The Morgan fingerprint density at radius 3 is 2.14 bits per heavy atom. The number of benzene rings is 2. The Bertz CT molecular complexity index is 932. The Balaban J connectivity index is 0.00000280. The zero-order valence-electron chi connectivity index (χ0n) is 15.2. The molecule has 3 aromatic rings. The second-order valence-electron chi connectivity index (χ2n) is 6.13. The lowest BCUT2D eigenvalue weighted by atomic mass is 9.91. The number of hydrogen-bond acceptors (Lipinski definition) is 4. The molecule has 1 heterocycles. The van der Waals surface area contributed by atoms with Crippen molar-refractivity contribution in [1.82, 2.24) is 4.98 Å². The van der Waals surface area contributed by atoms with E-state index in [1.165, 1.54) is 6.07 Å². The van der Waals surface area contributed by atoms with Gasteiger partial charge in [0.1, 0.15) is 6.10 Å². The number of aromatic nitrogens is 1. The van der Waals surface area contributed by atoms with Gasteiger partial charge in [-0.1, -0.05) is 55.5 Å². The van der Waals surface area contributed by atoms with Crippen LogP contribution in [0.15, 0.2) is 79.0 Å². The second-order valence-corrected chi connectivity index (χ2v) is 6.13. The molecule has 0 aliphatic carbocycles. The summed E-state index contributed by atoms with van der Waals surface area (Å²) in [6.45, 7) is 1.81. The van der Waals surface area contributed by atoms with Gasteiger partial charge in [-0.3, -0.25) is 4.98 Å². The fraction of sp³-hybridized carbons (Fsp3) is 0.136. The van der Waals surface area contributed by atoms with E-state index in [1.54, 1.807) is 36.5 Å². The number of carboxylic acids is 1. The van der Waals surface area contributed by atoms with Crippen molar-refractivity contribution in [3.63, 3.8) is 0 Å². The van der Waals surface area contributed by atoms with Gasteiger partial charge in [0.2, 0.25) is 0 Å². The maximum absolute atomic E-state index is 12.6. The minimum Gasteiger partial charge on any atom is -0.478 e. The van der Waals surface area contributed by atoms with Crippen LogP contribution in [-0.4, -0.2) is 22.0 Å². The molecular weight excluding hydrogens is 378 g/mol. The molecule has 0 bridgehead atoms. The first-order valence-electron chi connectivity index (χ1n) is 8.57. The van der Waals surface area contributed by atoms with Crippen molar-refractivity contribution in [2.75, 3.05) is 0 Å². The van der Waals surface area contributed by atoms with Crippen molar-refractivity contribution in [1.29, 1.82) is 0 Å². The number of esters is 1. The number of carboxylic acid groups (broad SMARTS) is 1. The quantitative estimate of drug-likeness (QED) is 0.598. The monoisotopic (exact) mass is 397 g/mol. The van der Waals surface area contributed by atoms with Gasteiger partial charge in [-0.05, 0) is 29.8 Å². The Labute approximate surface area is 169 Å². The molecule has 5 nitrogen and oxygen atoms in total. The lowest BCUT2D eigenvalue weighted by Crippen LogP contribution is -2.20. The third-order valence-corrected chi connectivity index (χ3v) is 4.33. The van der Waals surface area contributed by atoms with Crippen LogP contribution in [0.3, 0.4) is 0 Å². The molecule has 0 saturated carbocycles. The van der Waals surface area contributed by atoms with E-state index in [0.29, 0.717) is 11.3 Å². The maximum atomic E-state index is 12.6. The van der Waals surface area contributed by atoms with Crippen molar-refractivity contribution < 1.29 is 19.4 Å². The maximum Gasteiger partial charge on any atom is 0.338 e. The Morgan fingerprint density at radius 1 is 0.929 bits per heavy atom. The molecule has 0 aliphatic heterocycles. The van der Waals surface area contributed by atoms with Crippen molar-refractivity contribution >= 4 is 24.3 Å². The molecule has 0 aliphatic rings. The van der Waals surface area contributed by atoms with Gasteiger partial charge in [-0.25, -0.2) is 9.59 Å². The van der Waals surface area contributed by atoms with Gasteiger partial charge in [0, 0.05) is 12.1 Å². The number of nitrogens with zero attached hydrogens (tertiary/aromatic N) is 1. The zero-order chi connectivity index (χ0) is 19.2. The van der Waals surface area contributed by atoms with E-state index >= 15 is 0 Å². The number of hydrogen-bond donors (Lipinski definition) is 1. The number of ether oxygens (including phenoxy) is 1. The lowest BCUT2D eigenvalue weighted by molar-refractivity contribution is 0.0236. The van der Waals surface area contributed by atoms with E-state index in [9.17, 15) is 14.7 Å². The average Bonchev–Trinajstić information content (AvgIpc) is 2.72. The van der Waals surface area contributed by atoms with E-state index < -0.39 is 24.0 Å². The highest BCUT2D eigenvalue weighted by atomic mass is 35.5. The highest BCUT2D eigenvalue weighted by Gasteiger charge is 2.29. The van der Waals surface area contributed by atoms with Crippen LogP contribution in [0.25, 0.3) is 0 Å². The summed E-state index contributed by atoms with van der Waals surface area (Å²) in [5.41, 5.74) is 1.68. The van der Waals surface area contributed by atoms with Crippen LogP contribution < -0.4 is 0 Å². The van der Waals surface area contributed by atoms with Gasteiger partial charge in [-0.15, -0.1) is 12.4 Å².